The van der Waals surface area contributed by atoms with Crippen molar-refractivity contribution >= 4 is 0 Å². The van der Waals surface area contributed by atoms with Crippen molar-refractivity contribution < 1.29 is 4.39 Å². The van der Waals surface area contributed by atoms with Gasteiger partial charge in [-0.1, -0.05) is 26.8 Å². The van der Waals surface area contributed by atoms with Gasteiger partial charge in [-0.15, -0.1) is 0 Å². The lowest BCUT2D eigenvalue weighted by molar-refractivity contribution is 0.588. The molecule has 1 aromatic heterocycles. The van der Waals surface area contributed by atoms with E-state index < -0.39 is 0 Å². The zero-order chi connectivity index (χ0) is 13.8. The van der Waals surface area contributed by atoms with Crippen molar-refractivity contribution in [2.75, 3.05) is 6.54 Å². The Morgan fingerprint density at radius 3 is 2.74 bits per heavy atom. The SMILES string of the molecule is CCNCc1c(F)cccc1-n1ccc(C(C)C)n1. The van der Waals surface area contributed by atoms with Crippen LogP contribution >= 0.6 is 0 Å². The van der Waals surface area contributed by atoms with Crippen molar-refractivity contribution in [3.63, 3.8) is 0 Å². The number of hydrogen-bond donors (Lipinski definition) is 1. The van der Waals surface area contributed by atoms with Crippen LogP contribution in [0.4, 0.5) is 4.39 Å². The molecule has 102 valence electrons. The maximum atomic E-state index is 13.9. The third-order valence-corrected chi connectivity index (χ3v) is 3.09. The van der Waals surface area contributed by atoms with Gasteiger partial charge in [-0.05, 0) is 30.7 Å². The molecule has 19 heavy (non-hydrogen) atoms. The van der Waals surface area contributed by atoms with Crippen molar-refractivity contribution in [3.05, 3.63) is 47.5 Å². The van der Waals surface area contributed by atoms with Crippen molar-refractivity contribution in [3.8, 4) is 5.69 Å². The highest BCUT2D eigenvalue weighted by molar-refractivity contribution is 5.41. The van der Waals surface area contributed by atoms with Crippen molar-refractivity contribution in [1.82, 2.24) is 15.1 Å². The molecule has 0 radical (unpaired) electrons. The molecule has 0 aliphatic rings. The lowest BCUT2D eigenvalue weighted by atomic mass is 10.1. The summed E-state index contributed by atoms with van der Waals surface area (Å²) in [7, 11) is 0. The van der Waals surface area contributed by atoms with E-state index in [-0.39, 0.29) is 5.82 Å². The number of aromatic nitrogens is 2. The topological polar surface area (TPSA) is 29.9 Å². The minimum atomic E-state index is -0.194. The van der Waals surface area contributed by atoms with Crippen molar-refractivity contribution in [1.29, 1.82) is 0 Å². The first kappa shape index (κ1) is 13.7. The second-order valence-electron chi connectivity index (χ2n) is 4.86. The maximum absolute atomic E-state index is 13.9. The largest absolute Gasteiger partial charge is 0.313 e. The van der Waals surface area contributed by atoms with E-state index in [1.807, 2.05) is 25.3 Å². The maximum Gasteiger partial charge on any atom is 0.129 e. The summed E-state index contributed by atoms with van der Waals surface area (Å²) in [6.45, 7) is 7.51. The van der Waals surface area contributed by atoms with Gasteiger partial charge < -0.3 is 5.32 Å². The van der Waals surface area contributed by atoms with Crippen LogP contribution in [0, 0.1) is 5.82 Å². The number of halogens is 1. The Kier molecular flexibility index (Phi) is 4.32. The Morgan fingerprint density at radius 1 is 1.32 bits per heavy atom. The Hall–Kier alpha value is -1.68. The standard InChI is InChI=1S/C15H20FN3/c1-4-17-10-12-13(16)6-5-7-15(12)19-9-8-14(18-19)11(2)3/h5-9,11,17H,4,10H2,1-3H3. The fourth-order valence-corrected chi connectivity index (χ4v) is 1.97. The summed E-state index contributed by atoms with van der Waals surface area (Å²) in [5.74, 6) is 0.173. The monoisotopic (exact) mass is 261 g/mol. The molecule has 0 unspecified atom stereocenters. The Labute approximate surface area is 113 Å². The third-order valence-electron chi connectivity index (χ3n) is 3.09. The summed E-state index contributed by atoms with van der Waals surface area (Å²) in [6.07, 6.45) is 1.89. The molecule has 0 saturated carbocycles. The molecule has 0 amide bonds. The quantitative estimate of drug-likeness (QED) is 0.895. The van der Waals surface area contributed by atoms with E-state index in [1.54, 1.807) is 10.7 Å². The normalized spacial score (nSPS) is 11.2. The second-order valence-corrected chi connectivity index (χ2v) is 4.86. The smallest absolute Gasteiger partial charge is 0.129 e. The Morgan fingerprint density at radius 2 is 2.11 bits per heavy atom. The summed E-state index contributed by atoms with van der Waals surface area (Å²) < 4.78 is 15.7. The van der Waals surface area contributed by atoms with Crippen LogP contribution < -0.4 is 5.32 Å². The van der Waals surface area contributed by atoms with Crippen LogP contribution in [0.5, 0.6) is 0 Å². The van der Waals surface area contributed by atoms with Crippen LogP contribution in [0.2, 0.25) is 0 Å². The highest BCUT2D eigenvalue weighted by Crippen LogP contribution is 2.19. The van der Waals surface area contributed by atoms with Crippen LogP contribution in [0.15, 0.2) is 30.5 Å². The van der Waals surface area contributed by atoms with Crippen LogP contribution in [0.1, 0.15) is 37.9 Å². The predicted molar refractivity (Wildman–Crippen MR) is 75.0 cm³/mol. The van der Waals surface area contributed by atoms with Crippen LogP contribution in [-0.4, -0.2) is 16.3 Å². The van der Waals surface area contributed by atoms with E-state index >= 15 is 0 Å². The van der Waals surface area contributed by atoms with Gasteiger partial charge >= 0.3 is 0 Å². The Bertz CT molecular complexity index is 546. The molecule has 0 atom stereocenters. The van der Waals surface area contributed by atoms with E-state index in [0.29, 0.717) is 18.0 Å². The van der Waals surface area contributed by atoms with Crippen molar-refractivity contribution in [2.45, 2.75) is 33.2 Å². The zero-order valence-electron chi connectivity index (χ0n) is 11.7. The summed E-state index contributed by atoms with van der Waals surface area (Å²) in [5.41, 5.74) is 2.47. The molecule has 1 N–H and O–H groups in total. The summed E-state index contributed by atoms with van der Waals surface area (Å²) in [6, 6.07) is 7.08. The van der Waals surface area contributed by atoms with Crippen molar-refractivity contribution in [2.24, 2.45) is 0 Å². The summed E-state index contributed by atoms with van der Waals surface area (Å²) in [4.78, 5) is 0. The van der Waals surface area contributed by atoms with E-state index in [1.165, 1.54) is 6.07 Å². The average Bonchev–Trinajstić information content (AvgIpc) is 2.86. The molecule has 0 bridgehead atoms. The van der Waals surface area contributed by atoms with Gasteiger partial charge in [0.25, 0.3) is 0 Å². The number of rotatable bonds is 5. The number of nitrogens with one attached hydrogen (secondary N) is 1. The third kappa shape index (κ3) is 3.01. The number of nitrogens with zero attached hydrogens (tertiary/aromatic N) is 2. The fraction of sp³-hybridized carbons (Fsp3) is 0.400. The van der Waals surface area contributed by atoms with Crippen LogP contribution in [-0.2, 0) is 6.54 Å². The molecule has 2 rings (SSSR count). The van der Waals surface area contributed by atoms with Crippen LogP contribution in [0.25, 0.3) is 5.69 Å². The molecule has 0 aliphatic carbocycles. The highest BCUT2D eigenvalue weighted by Gasteiger charge is 2.11. The number of hydrogen-bond acceptors (Lipinski definition) is 2. The molecule has 0 saturated heterocycles. The highest BCUT2D eigenvalue weighted by atomic mass is 19.1. The fourth-order valence-electron chi connectivity index (χ4n) is 1.97. The van der Waals surface area contributed by atoms with Gasteiger partial charge in [-0.2, -0.15) is 5.10 Å². The molecule has 2 aromatic rings. The summed E-state index contributed by atoms with van der Waals surface area (Å²) >= 11 is 0. The van der Waals surface area contributed by atoms with Gasteiger partial charge in [-0.3, -0.25) is 0 Å². The number of benzene rings is 1. The lowest BCUT2D eigenvalue weighted by Crippen LogP contribution is -2.15. The summed E-state index contributed by atoms with van der Waals surface area (Å²) in [5, 5.41) is 7.68. The second kappa shape index (κ2) is 5.97. The molecule has 4 heteroatoms. The first-order chi connectivity index (χ1) is 9.13. The van der Waals surface area contributed by atoms with E-state index in [0.717, 1.165) is 17.9 Å². The van der Waals surface area contributed by atoms with Crippen LogP contribution in [0.3, 0.4) is 0 Å². The molecule has 0 spiro atoms. The van der Waals surface area contributed by atoms with E-state index in [2.05, 4.69) is 24.3 Å². The van der Waals surface area contributed by atoms with Gasteiger partial charge in [0.15, 0.2) is 0 Å². The zero-order valence-corrected chi connectivity index (χ0v) is 11.7. The lowest BCUT2D eigenvalue weighted by Gasteiger charge is -2.11. The average molecular weight is 261 g/mol. The molecule has 0 fully saturated rings. The minimum Gasteiger partial charge on any atom is -0.313 e. The molecule has 1 aromatic carbocycles. The molecule has 0 aliphatic heterocycles. The van der Waals surface area contributed by atoms with Gasteiger partial charge in [0.2, 0.25) is 0 Å². The first-order valence-corrected chi connectivity index (χ1v) is 6.67. The molecular formula is C15H20FN3. The Balaban J connectivity index is 2.39. The molecular weight excluding hydrogens is 241 g/mol. The van der Waals surface area contributed by atoms with Gasteiger partial charge in [0.05, 0.1) is 11.4 Å². The van der Waals surface area contributed by atoms with Gasteiger partial charge in [-0.25, -0.2) is 9.07 Å². The molecule has 3 nitrogen and oxygen atoms in total. The van der Waals surface area contributed by atoms with Gasteiger partial charge in [0, 0.05) is 18.3 Å². The minimum absolute atomic E-state index is 0.194. The van der Waals surface area contributed by atoms with Gasteiger partial charge in [0.1, 0.15) is 5.82 Å². The van der Waals surface area contributed by atoms with E-state index in [9.17, 15) is 4.39 Å². The molecule has 1 heterocycles. The predicted octanol–water partition coefficient (Wildman–Crippen LogP) is 3.24. The first-order valence-electron chi connectivity index (χ1n) is 6.67. The van der Waals surface area contributed by atoms with E-state index in [4.69, 9.17) is 0 Å².